The van der Waals surface area contributed by atoms with E-state index in [0.29, 0.717) is 43.5 Å². The van der Waals surface area contributed by atoms with E-state index in [1.165, 1.54) is 0 Å². The van der Waals surface area contributed by atoms with Crippen molar-refractivity contribution in [3.63, 3.8) is 0 Å². The van der Waals surface area contributed by atoms with Gasteiger partial charge < -0.3 is 15.0 Å². The van der Waals surface area contributed by atoms with Crippen molar-refractivity contribution in [2.45, 2.75) is 57.2 Å². The SMILES string of the molecule is O=C(NC(=O)[C@H]1CCCN1)c1ccc(-c2ccc(OCC3CCN(CC4(C(F)(F)F)CCC4)CC3)nc2)cc1. The molecule has 7 nitrogen and oxygen atoms in total. The number of aromatic nitrogens is 1. The third kappa shape index (κ3) is 6.44. The summed E-state index contributed by atoms with van der Waals surface area (Å²) in [5.41, 5.74) is 0.652. The Hall–Kier alpha value is -2.98. The van der Waals surface area contributed by atoms with Gasteiger partial charge in [-0.1, -0.05) is 18.6 Å². The molecule has 0 unspecified atom stereocenters. The summed E-state index contributed by atoms with van der Waals surface area (Å²) < 4.78 is 46.4. The fraction of sp³-hybridized carbons (Fsp3) is 0.552. The van der Waals surface area contributed by atoms with E-state index in [0.717, 1.165) is 43.4 Å². The van der Waals surface area contributed by atoms with Crippen LogP contribution < -0.4 is 15.4 Å². The number of hydrogen-bond acceptors (Lipinski definition) is 6. The Morgan fingerprint density at radius 1 is 1.03 bits per heavy atom. The number of benzene rings is 1. The summed E-state index contributed by atoms with van der Waals surface area (Å²) in [6.07, 6.45) is 2.04. The van der Waals surface area contributed by atoms with E-state index in [1.54, 1.807) is 24.4 Å². The van der Waals surface area contributed by atoms with Crippen LogP contribution in [-0.2, 0) is 4.79 Å². The monoisotopic (exact) mass is 544 g/mol. The molecule has 1 saturated carbocycles. The van der Waals surface area contributed by atoms with Crippen molar-refractivity contribution in [1.29, 1.82) is 0 Å². The Bertz CT molecular complexity index is 1140. The third-order valence-electron chi connectivity index (χ3n) is 8.44. The number of nitrogens with one attached hydrogen (secondary N) is 2. The maximum atomic E-state index is 13.5. The molecule has 2 saturated heterocycles. The molecule has 2 N–H and O–H groups in total. The van der Waals surface area contributed by atoms with E-state index in [9.17, 15) is 22.8 Å². The first-order valence-electron chi connectivity index (χ1n) is 13.8. The van der Waals surface area contributed by atoms with Gasteiger partial charge in [0.25, 0.3) is 5.91 Å². The second-order valence-electron chi connectivity index (χ2n) is 11.1. The van der Waals surface area contributed by atoms with Crippen LogP contribution in [0.5, 0.6) is 5.88 Å². The smallest absolute Gasteiger partial charge is 0.395 e. The highest BCUT2D eigenvalue weighted by Crippen LogP contribution is 2.53. The number of pyridine rings is 1. The normalized spacial score (nSPS) is 21.8. The molecule has 0 bridgehead atoms. The average Bonchev–Trinajstić information content (AvgIpc) is 3.45. The number of carbonyl (C=O) groups excluding carboxylic acids is 2. The maximum absolute atomic E-state index is 13.5. The lowest BCUT2D eigenvalue weighted by Crippen LogP contribution is -2.53. The van der Waals surface area contributed by atoms with Crippen LogP contribution in [0, 0.1) is 11.3 Å². The van der Waals surface area contributed by atoms with Gasteiger partial charge in [-0.25, -0.2) is 4.98 Å². The van der Waals surface area contributed by atoms with E-state index >= 15 is 0 Å². The molecule has 10 heteroatoms. The van der Waals surface area contributed by atoms with Crippen molar-refractivity contribution in [2.75, 3.05) is 32.8 Å². The molecule has 1 atom stereocenters. The number of ether oxygens (including phenoxy) is 1. The zero-order valence-electron chi connectivity index (χ0n) is 21.9. The van der Waals surface area contributed by atoms with Crippen LogP contribution in [0.4, 0.5) is 13.2 Å². The molecule has 0 radical (unpaired) electrons. The summed E-state index contributed by atoms with van der Waals surface area (Å²) >= 11 is 0. The molecule has 0 spiro atoms. The van der Waals surface area contributed by atoms with E-state index in [1.807, 2.05) is 23.1 Å². The van der Waals surface area contributed by atoms with E-state index in [2.05, 4.69) is 15.6 Å². The first-order valence-corrected chi connectivity index (χ1v) is 13.8. The molecule has 3 heterocycles. The Balaban J connectivity index is 1.06. The third-order valence-corrected chi connectivity index (χ3v) is 8.44. The first kappa shape index (κ1) is 27.6. The zero-order valence-corrected chi connectivity index (χ0v) is 21.9. The summed E-state index contributed by atoms with van der Waals surface area (Å²) in [5, 5.41) is 5.53. The minimum atomic E-state index is -4.12. The van der Waals surface area contributed by atoms with Gasteiger partial charge in [-0.2, -0.15) is 13.2 Å². The lowest BCUT2D eigenvalue weighted by atomic mass is 9.67. The standard InChI is InChI=1S/C29H35F3N4O3/c30-29(31,32)28(12-2-13-28)19-36-15-10-20(11-16-36)18-39-25-9-8-23(17-34-25)21-4-6-22(7-5-21)26(37)35-27(38)24-3-1-14-33-24/h4-9,17,20,24,33H,1-3,10-16,18-19H2,(H,35,37,38)/t24-/m1/s1. The molecule has 5 rings (SSSR count). The molecule has 2 aromatic rings. The van der Waals surface area contributed by atoms with Gasteiger partial charge in [-0.3, -0.25) is 14.9 Å². The van der Waals surface area contributed by atoms with Crippen LogP contribution in [0.15, 0.2) is 42.6 Å². The van der Waals surface area contributed by atoms with Gasteiger partial charge in [0.1, 0.15) is 0 Å². The van der Waals surface area contributed by atoms with Crippen LogP contribution in [0.25, 0.3) is 11.1 Å². The van der Waals surface area contributed by atoms with Gasteiger partial charge in [0, 0.05) is 29.9 Å². The van der Waals surface area contributed by atoms with Crippen molar-refractivity contribution >= 4 is 11.8 Å². The van der Waals surface area contributed by atoms with E-state index < -0.39 is 17.5 Å². The number of halogens is 3. The fourth-order valence-electron chi connectivity index (χ4n) is 5.71. The lowest BCUT2D eigenvalue weighted by molar-refractivity contribution is -0.256. The first-order chi connectivity index (χ1) is 18.7. The Morgan fingerprint density at radius 3 is 2.31 bits per heavy atom. The number of amides is 2. The number of likely N-dealkylation sites (tertiary alicyclic amines) is 1. The molecule has 3 aliphatic rings. The van der Waals surface area contributed by atoms with Crippen molar-refractivity contribution in [3.05, 3.63) is 48.2 Å². The van der Waals surface area contributed by atoms with Crippen LogP contribution in [0.2, 0.25) is 0 Å². The second-order valence-corrected chi connectivity index (χ2v) is 11.1. The minimum absolute atomic E-state index is 0.120. The number of nitrogens with zero attached hydrogens (tertiary/aromatic N) is 2. The van der Waals surface area contributed by atoms with Crippen LogP contribution in [-0.4, -0.2) is 66.7 Å². The Morgan fingerprint density at radius 2 is 1.74 bits per heavy atom. The molecule has 1 aliphatic carbocycles. The van der Waals surface area contributed by atoms with E-state index in [4.69, 9.17) is 4.74 Å². The van der Waals surface area contributed by atoms with Gasteiger partial charge in [-0.05, 0) is 87.8 Å². The summed E-state index contributed by atoms with van der Waals surface area (Å²) in [4.78, 5) is 30.9. The molecule has 1 aromatic carbocycles. The number of alkyl halides is 3. The van der Waals surface area contributed by atoms with Crippen molar-refractivity contribution in [3.8, 4) is 17.0 Å². The zero-order chi connectivity index (χ0) is 27.5. The van der Waals surface area contributed by atoms with Gasteiger partial charge in [0.05, 0.1) is 18.1 Å². The topological polar surface area (TPSA) is 83.6 Å². The van der Waals surface area contributed by atoms with Crippen molar-refractivity contribution in [2.24, 2.45) is 11.3 Å². The molecule has 2 amide bonds. The lowest BCUT2D eigenvalue weighted by Gasteiger charge is -2.47. The quantitative estimate of drug-likeness (QED) is 0.474. The van der Waals surface area contributed by atoms with Gasteiger partial charge >= 0.3 is 6.18 Å². The molecule has 1 aromatic heterocycles. The second kappa shape index (κ2) is 11.6. The van der Waals surface area contributed by atoms with Crippen LogP contribution >= 0.6 is 0 Å². The maximum Gasteiger partial charge on any atom is 0.395 e. The highest BCUT2D eigenvalue weighted by Gasteiger charge is 2.58. The molecule has 210 valence electrons. The number of rotatable bonds is 8. The molecular formula is C29H35F3N4O3. The molecule has 3 fully saturated rings. The average molecular weight is 545 g/mol. The molecule has 39 heavy (non-hydrogen) atoms. The summed E-state index contributed by atoms with van der Waals surface area (Å²) in [6.45, 7) is 2.72. The predicted octanol–water partition coefficient (Wildman–Crippen LogP) is 4.58. The minimum Gasteiger partial charge on any atom is -0.477 e. The molecular weight excluding hydrogens is 509 g/mol. The molecule has 2 aliphatic heterocycles. The number of piperidine rings is 1. The van der Waals surface area contributed by atoms with Crippen LogP contribution in [0.1, 0.15) is 55.3 Å². The largest absolute Gasteiger partial charge is 0.477 e. The summed E-state index contributed by atoms with van der Waals surface area (Å²) in [6, 6.07) is 10.4. The number of imide groups is 1. The van der Waals surface area contributed by atoms with Crippen molar-refractivity contribution in [1.82, 2.24) is 20.5 Å². The number of carbonyl (C=O) groups is 2. The highest BCUT2D eigenvalue weighted by atomic mass is 19.4. The van der Waals surface area contributed by atoms with E-state index in [-0.39, 0.29) is 31.3 Å². The van der Waals surface area contributed by atoms with Crippen molar-refractivity contribution < 1.29 is 27.5 Å². The van der Waals surface area contributed by atoms with Gasteiger partial charge in [0.2, 0.25) is 11.8 Å². The Labute approximate surface area is 226 Å². The summed E-state index contributed by atoms with van der Waals surface area (Å²) in [7, 11) is 0. The van der Waals surface area contributed by atoms with Gasteiger partial charge in [0.15, 0.2) is 0 Å². The number of hydrogen-bond donors (Lipinski definition) is 2. The Kier molecular flexibility index (Phi) is 8.23. The predicted molar refractivity (Wildman–Crippen MR) is 140 cm³/mol. The summed E-state index contributed by atoms with van der Waals surface area (Å²) in [5.74, 6) is 0.0777. The fourth-order valence-corrected chi connectivity index (χ4v) is 5.71. The van der Waals surface area contributed by atoms with Crippen LogP contribution in [0.3, 0.4) is 0 Å². The highest BCUT2D eigenvalue weighted by molar-refractivity contribution is 6.06. The van der Waals surface area contributed by atoms with Gasteiger partial charge in [-0.15, -0.1) is 0 Å².